The van der Waals surface area contributed by atoms with E-state index >= 15 is 0 Å². The number of urea groups is 1. The van der Waals surface area contributed by atoms with Crippen molar-refractivity contribution in [3.63, 3.8) is 0 Å². The summed E-state index contributed by atoms with van der Waals surface area (Å²) in [5.41, 5.74) is 0.326. The van der Waals surface area contributed by atoms with Crippen molar-refractivity contribution in [2.24, 2.45) is 0 Å². The van der Waals surface area contributed by atoms with E-state index in [1.807, 2.05) is 24.3 Å². The number of methoxy groups -OCH3 is 2. The SMILES string of the molecule is COc1ccc(C2(C)NC(=O)N(Cc3cccc(Br)c3)C2=O)cc1OC. The minimum atomic E-state index is -1.16. The summed E-state index contributed by atoms with van der Waals surface area (Å²) in [6.45, 7) is 1.89. The maximum atomic E-state index is 13.0. The topological polar surface area (TPSA) is 67.9 Å². The van der Waals surface area contributed by atoms with Crippen LogP contribution in [0.25, 0.3) is 0 Å². The van der Waals surface area contributed by atoms with Gasteiger partial charge in [0.1, 0.15) is 5.54 Å². The second kappa shape index (κ2) is 6.99. The fraction of sp³-hybridized carbons (Fsp3) is 0.263. The number of carbonyl (C=O) groups is 2. The number of ether oxygens (including phenoxy) is 2. The zero-order valence-corrected chi connectivity index (χ0v) is 16.3. The van der Waals surface area contributed by atoms with Crippen molar-refractivity contribution in [3.8, 4) is 11.5 Å². The molecule has 0 radical (unpaired) electrons. The molecule has 7 heteroatoms. The molecule has 1 unspecified atom stereocenters. The van der Waals surface area contributed by atoms with Gasteiger partial charge in [0, 0.05) is 4.47 Å². The molecule has 0 saturated carbocycles. The van der Waals surface area contributed by atoms with Crippen LogP contribution in [0.3, 0.4) is 0 Å². The molecule has 0 aliphatic carbocycles. The number of rotatable bonds is 5. The van der Waals surface area contributed by atoms with E-state index in [0.717, 1.165) is 10.0 Å². The Bertz CT molecular complexity index is 870. The lowest BCUT2D eigenvalue weighted by Gasteiger charge is -2.23. The number of hydrogen-bond donors (Lipinski definition) is 1. The van der Waals surface area contributed by atoms with Crippen LogP contribution in [0.2, 0.25) is 0 Å². The molecule has 26 heavy (non-hydrogen) atoms. The smallest absolute Gasteiger partial charge is 0.325 e. The standard InChI is InChI=1S/C19H19BrN2O4/c1-19(13-7-8-15(25-2)16(10-13)26-3)17(23)22(18(24)21-19)11-12-5-4-6-14(20)9-12/h4-10H,11H2,1-3H3,(H,21,24). The van der Waals surface area contributed by atoms with Crippen LogP contribution >= 0.6 is 15.9 Å². The first kappa shape index (κ1) is 18.3. The number of benzene rings is 2. The highest BCUT2D eigenvalue weighted by Crippen LogP contribution is 2.35. The average molecular weight is 419 g/mol. The van der Waals surface area contributed by atoms with Crippen LogP contribution in [0.1, 0.15) is 18.1 Å². The zero-order chi connectivity index (χ0) is 18.9. The van der Waals surface area contributed by atoms with Crippen molar-refractivity contribution in [1.29, 1.82) is 0 Å². The molecule has 1 N–H and O–H groups in total. The normalized spacial score (nSPS) is 19.5. The van der Waals surface area contributed by atoms with Crippen LogP contribution in [-0.2, 0) is 16.9 Å². The molecule has 3 amide bonds. The zero-order valence-electron chi connectivity index (χ0n) is 14.7. The Morgan fingerprint density at radius 1 is 1.08 bits per heavy atom. The third-order valence-electron chi connectivity index (χ3n) is 4.47. The Morgan fingerprint density at radius 2 is 1.81 bits per heavy atom. The maximum Gasteiger partial charge on any atom is 0.325 e. The van der Waals surface area contributed by atoms with Gasteiger partial charge in [-0.3, -0.25) is 9.69 Å². The number of amides is 3. The van der Waals surface area contributed by atoms with Crippen molar-refractivity contribution in [2.45, 2.75) is 19.0 Å². The van der Waals surface area contributed by atoms with Crippen molar-refractivity contribution < 1.29 is 19.1 Å². The Hall–Kier alpha value is -2.54. The van der Waals surface area contributed by atoms with E-state index in [9.17, 15) is 9.59 Å². The molecule has 2 aromatic rings. The molecule has 0 bridgehead atoms. The van der Waals surface area contributed by atoms with Gasteiger partial charge in [-0.1, -0.05) is 34.1 Å². The van der Waals surface area contributed by atoms with Crippen LogP contribution in [0.4, 0.5) is 4.79 Å². The van der Waals surface area contributed by atoms with Gasteiger partial charge in [0.05, 0.1) is 20.8 Å². The molecular formula is C19H19BrN2O4. The molecule has 0 spiro atoms. The Kier molecular flexibility index (Phi) is 4.91. The van der Waals surface area contributed by atoms with E-state index in [2.05, 4.69) is 21.2 Å². The van der Waals surface area contributed by atoms with Crippen LogP contribution in [0.5, 0.6) is 11.5 Å². The summed E-state index contributed by atoms with van der Waals surface area (Å²) in [4.78, 5) is 26.7. The van der Waals surface area contributed by atoms with Crippen LogP contribution in [0, 0.1) is 0 Å². The van der Waals surface area contributed by atoms with Crippen molar-refractivity contribution >= 4 is 27.9 Å². The Labute approximate surface area is 160 Å². The number of halogens is 1. The highest BCUT2D eigenvalue weighted by molar-refractivity contribution is 9.10. The van der Waals surface area contributed by atoms with Gasteiger partial charge in [-0.15, -0.1) is 0 Å². The summed E-state index contributed by atoms with van der Waals surface area (Å²) < 4.78 is 11.4. The lowest BCUT2D eigenvalue weighted by atomic mass is 9.91. The molecule has 2 aromatic carbocycles. The van der Waals surface area contributed by atoms with Crippen LogP contribution in [0.15, 0.2) is 46.9 Å². The molecule has 6 nitrogen and oxygen atoms in total. The number of hydrogen-bond acceptors (Lipinski definition) is 4. The predicted octanol–water partition coefficient (Wildman–Crippen LogP) is 3.43. The first-order valence-corrected chi connectivity index (χ1v) is 8.79. The maximum absolute atomic E-state index is 13.0. The summed E-state index contributed by atoms with van der Waals surface area (Å²) in [7, 11) is 3.07. The van der Waals surface area contributed by atoms with Gasteiger partial charge < -0.3 is 14.8 Å². The molecule has 1 fully saturated rings. The minimum Gasteiger partial charge on any atom is -0.493 e. The van der Waals surface area contributed by atoms with E-state index in [1.165, 1.54) is 12.0 Å². The van der Waals surface area contributed by atoms with E-state index in [0.29, 0.717) is 17.1 Å². The van der Waals surface area contributed by atoms with Crippen molar-refractivity contribution in [3.05, 3.63) is 58.1 Å². The van der Waals surface area contributed by atoms with Crippen molar-refractivity contribution in [2.75, 3.05) is 14.2 Å². The molecule has 1 atom stereocenters. The third kappa shape index (κ3) is 3.14. The molecule has 1 saturated heterocycles. The number of nitrogens with one attached hydrogen (secondary N) is 1. The molecule has 1 aliphatic heterocycles. The molecule has 3 rings (SSSR count). The molecule has 1 aliphatic rings. The molecule has 0 aromatic heterocycles. The van der Waals surface area contributed by atoms with E-state index in [4.69, 9.17) is 9.47 Å². The van der Waals surface area contributed by atoms with Gasteiger partial charge in [0.15, 0.2) is 11.5 Å². The minimum absolute atomic E-state index is 0.201. The molecular weight excluding hydrogens is 400 g/mol. The van der Waals surface area contributed by atoms with Crippen LogP contribution in [-0.4, -0.2) is 31.1 Å². The van der Waals surface area contributed by atoms with Gasteiger partial charge in [-0.25, -0.2) is 4.79 Å². The summed E-state index contributed by atoms with van der Waals surface area (Å²) >= 11 is 3.40. The van der Waals surface area contributed by atoms with Gasteiger partial charge in [-0.2, -0.15) is 0 Å². The highest BCUT2D eigenvalue weighted by Gasteiger charge is 2.49. The van der Waals surface area contributed by atoms with Gasteiger partial charge >= 0.3 is 6.03 Å². The predicted molar refractivity (Wildman–Crippen MR) is 100 cm³/mol. The lowest BCUT2D eigenvalue weighted by Crippen LogP contribution is -2.40. The fourth-order valence-corrected chi connectivity index (χ4v) is 3.45. The van der Waals surface area contributed by atoms with Crippen LogP contribution < -0.4 is 14.8 Å². The van der Waals surface area contributed by atoms with Gasteiger partial charge in [0.2, 0.25) is 0 Å². The summed E-state index contributed by atoms with van der Waals surface area (Å²) in [6.07, 6.45) is 0. The van der Waals surface area contributed by atoms with E-state index in [1.54, 1.807) is 32.2 Å². The number of imide groups is 1. The quantitative estimate of drug-likeness (QED) is 0.755. The fourth-order valence-electron chi connectivity index (χ4n) is 3.00. The Morgan fingerprint density at radius 3 is 2.46 bits per heavy atom. The van der Waals surface area contributed by atoms with Gasteiger partial charge in [0.25, 0.3) is 5.91 Å². The molecule has 136 valence electrons. The first-order chi connectivity index (χ1) is 12.4. The average Bonchev–Trinajstić information content (AvgIpc) is 2.85. The first-order valence-electron chi connectivity index (χ1n) is 8.00. The second-order valence-corrected chi connectivity index (χ2v) is 7.06. The summed E-state index contributed by atoms with van der Waals surface area (Å²) in [5, 5.41) is 2.80. The monoisotopic (exact) mass is 418 g/mol. The Balaban J connectivity index is 1.92. The van der Waals surface area contributed by atoms with E-state index in [-0.39, 0.29) is 12.5 Å². The largest absolute Gasteiger partial charge is 0.493 e. The lowest BCUT2D eigenvalue weighted by molar-refractivity contribution is -0.131. The second-order valence-electron chi connectivity index (χ2n) is 6.15. The summed E-state index contributed by atoms with van der Waals surface area (Å²) in [5.74, 6) is 0.746. The van der Waals surface area contributed by atoms with Gasteiger partial charge in [-0.05, 0) is 42.3 Å². The van der Waals surface area contributed by atoms with Crippen molar-refractivity contribution in [1.82, 2.24) is 10.2 Å². The summed E-state index contributed by atoms with van der Waals surface area (Å²) in [6, 6.07) is 12.3. The number of nitrogens with zero attached hydrogens (tertiary/aromatic N) is 1. The molecule has 1 heterocycles. The highest BCUT2D eigenvalue weighted by atomic mass is 79.9. The third-order valence-corrected chi connectivity index (χ3v) is 4.96. The number of carbonyl (C=O) groups excluding carboxylic acids is 2. The van der Waals surface area contributed by atoms with E-state index < -0.39 is 11.6 Å².